The summed E-state index contributed by atoms with van der Waals surface area (Å²) in [6, 6.07) is 5.50. The fourth-order valence-corrected chi connectivity index (χ4v) is 3.41. The average molecular weight is 343 g/mol. The molecule has 1 heterocycles. The van der Waals surface area contributed by atoms with Crippen molar-refractivity contribution in [3.63, 3.8) is 0 Å². The van der Waals surface area contributed by atoms with Crippen LogP contribution >= 0.6 is 0 Å². The summed E-state index contributed by atoms with van der Waals surface area (Å²) in [6.07, 6.45) is 0.704. The van der Waals surface area contributed by atoms with Crippen LogP contribution in [0.5, 0.6) is 11.5 Å². The lowest BCUT2D eigenvalue weighted by Crippen LogP contribution is -2.39. The van der Waals surface area contributed by atoms with Crippen molar-refractivity contribution >= 4 is 10.0 Å². The van der Waals surface area contributed by atoms with Crippen LogP contribution in [0.15, 0.2) is 18.2 Å². The van der Waals surface area contributed by atoms with E-state index in [1.807, 2.05) is 26.0 Å². The van der Waals surface area contributed by atoms with Crippen LogP contribution in [0.2, 0.25) is 0 Å². The number of hydrogen-bond acceptors (Lipinski definition) is 5. The molecule has 1 aromatic rings. The molecular weight excluding hydrogens is 318 g/mol. The van der Waals surface area contributed by atoms with Crippen molar-refractivity contribution in [3.05, 3.63) is 23.8 Å². The van der Waals surface area contributed by atoms with Crippen molar-refractivity contribution in [2.24, 2.45) is 0 Å². The van der Waals surface area contributed by atoms with E-state index >= 15 is 0 Å². The summed E-state index contributed by atoms with van der Waals surface area (Å²) in [5, 5.41) is 8.86. The normalized spacial score (nSPS) is 19.7. The van der Waals surface area contributed by atoms with E-state index in [9.17, 15) is 8.42 Å². The summed E-state index contributed by atoms with van der Waals surface area (Å²) < 4.78 is 37.5. The van der Waals surface area contributed by atoms with Crippen molar-refractivity contribution in [1.29, 1.82) is 0 Å². The number of benzene rings is 1. The van der Waals surface area contributed by atoms with Crippen molar-refractivity contribution < 1.29 is 23.0 Å². The number of sulfonamides is 1. The van der Waals surface area contributed by atoms with Crippen LogP contribution in [0.25, 0.3) is 0 Å². The minimum atomic E-state index is -3.24. The Bertz CT molecular complexity index is 642. The van der Waals surface area contributed by atoms with E-state index in [1.165, 1.54) is 0 Å². The Morgan fingerprint density at radius 3 is 2.83 bits per heavy atom. The van der Waals surface area contributed by atoms with Crippen molar-refractivity contribution in [3.8, 4) is 11.5 Å². The largest absolute Gasteiger partial charge is 0.491 e. The predicted molar refractivity (Wildman–Crippen MR) is 88.6 cm³/mol. The van der Waals surface area contributed by atoms with Crippen molar-refractivity contribution in [2.45, 2.75) is 38.7 Å². The molecule has 23 heavy (non-hydrogen) atoms. The van der Waals surface area contributed by atoms with Gasteiger partial charge in [0.2, 0.25) is 10.0 Å². The van der Waals surface area contributed by atoms with Crippen molar-refractivity contribution in [2.75, 3.05) is 25.5 Å². The van der Waals surface area contributed by atoms with Gasteiger partial charge in [-0.25, -0.2) is 13.1 Å². The molecule has 0 amide bonds. The summed E-state index contributed by atoms with van der Waals surface area (Å²) in [5.41, 5.74) is 0.571. The van der Waals surface area contributed by atoms with Crippen LogP contribution in [0.3, 0.4) is 0 Å². The number of fused-ring (bicyclic) bond motifs is 1. The monoisotopic (exact) mass is 343 g/mol. The first-order chi connectivity index (χ1) is 10.8. The van der Waals surface area contributed by atoms with Gasteiger partial charge in [0.25, 0.3) is 0 Å². The number of ether oxygens (including phenoxy) is 2. The maximum absolute atomic E-state index is 11.7. The lowest BCUT2D eigenvalue weighted by molar-refractivity contribution is 0.0722. The van der Waals surface area contributed by atoms with Gasteiger partial charge in [0.15, 0.2) is 0 Å². The number of nitrogens with one attached hydrogen (secondary N) is 1. The van der Waals surface area contributed by atoms with E-state index in [0.717, 1.165) is 11.3 Å². The van der Waals surface area contributed by atoms with E-state index in [2.05, 4.69) is 4.72 Å². The molecule has 2 rings (SSSR count). The van der Waals surface area contributed by atoms with E-state index in [0.29, 0.717) is 18.7 Å². The SMILES string of the molecule is CCS(=O)(=O)NCC1CC(C)(C)Oc2ccc(OCCO)cc21. The molecule has 1 aromatic carbocycles. The van der Waals surface area contributed by atoms with Gasteiger partial charge in [-0.2, -0.15) is 0 Å². The number of aliphatic hydroxyl groups is 1. The van der Waals surface area contributed by atoms with Gasteiger partial charge in [-0.15, -0.1) is 0 Å². The molecule has 0 fully saturated rings. The first-order valence-corrected chi connectivity index (χ1v) is 9.45. The average Bonchev–Trinajstić information content (AvgIpc) is 2.50. The zero-order chi connectivity index (χ0) is 17.1. The molecular formula is C16H25NO5S. The standard InChI is InChI=1S/C16H25NO5S/c1-4-23(19,20)17-11-12-10-16(2,3)22-15-6-5-13(9-14(12)15)21-8-7-18/h5-6,9,12,17-18H,4,7-8,10-11H2,1-3H3. The lowest BCUT2D eigenvalue weighted by atomic mass is 9.84. The maximum atomic E-state index is 11.7. The zero-order valence-corrected chi connectivity index (χ0v) is 14.6. The van der Waals surface area contributed by atoms with Crippen LogP contribution in [0, 0.1) is 0 Å². The van der Waals surface area contributed by atoms with Gasteiger partial charge in [-0.3, -0.25) is 0 Å². The number of aliphatic hydroxyl groups excluding tert-OH is 1. The molecule has 0 aliphatic carbocycles. The lowest BCUT2D eigenvalue weighted by Gasteiger charge is -2.37. The third-order valence-corrected chi connectivity index (χ3v) is 5.20. The van der Waals surface area contributed by atoms with Gasteiger partial charge >= 0.3 is 0 Å². The molecule has 0 saturated heterocycles. The van der Waals surface area contributed by atoms with Gasteiger partial charge in [-0.1, -0.05) is 0 Å². The molecule has 0 radical (unpaired) electrons. The number of hydrogen-bond donors (Lipinski definition) is 2. The van der Waals surface area contributed by atoms with Gasteiger partial charge in [0.1, 0.15) is 23.7 Å². The van der Waals surface area contributed by atoms with Gasteiger partial charge in [-0.05, 0) is 45.4 Å². The summed E-state index contributed by atoms with van der Waals surface area (Å²) in [5.74, 6) is 1.46. The molecule has 130 valence electrons. The second kappa shape index (κ2) is 7.07. The molecule has 6 nitrogen and oxygen atoms in total. The predicted octanol–water partition coefficient (Wildman–Crippen LogP) is 1.64. The summed E-state index contributed by atoms with van der Waals surface area (Å²) in [7, 11) is -3.24. The smallest absolute Gasteiger partial charge is 0.211 e. The van der Waals surface area contributed by atoms with E-state index < -0.39 is 10.0 Å². The highest BCUT2D eigenvalue weighted by Gasteiger charge is 2.34. The van der Waals surface area contributed by atoms with Crippen LogP contribution in [0.4, 0.5) is 0 Å². The molecule has 7 heteroatoms. The topological polar surface area (TPSA) is 84.9 Å². The molecule has 1 aliphatic rings. The molecule has 0 bridgehead atoms. The summed E-state index contributed by atoms with van der Waals surface area (Å²) in [6.45, 7) is 6.10. The molecule has 2 N–H and O–H groups in total. The third-order valence-electron chi connectivity index (χ3n) is 3.84. The molecule has 1 unspecified atom stereocenters. The first kappa shape index (κ1) is 18.0. The Hall–Kier alpha value is -1.31. The highest BCUT2D eigenvalue weighted by molar-refractivity contribution is 7.89. The van der Waals surface area contributed by atoms with Crippen LogP contribution in [-0.4, -0.2) is 44.6 Å². The fourth-order valence-electron chi connectivity index (χ4n) is 2.75. The summed E-state index contributed by atoms with van der Waals surface area (Å²) in [4.78, 5) is 0. The van der Waals surface area contributed by atoms with Crippen LogP contribution < -0.4 is 14.2 Å². The quantitative estimate of drug-likeness (QED) is 0.786. The van der Waals surface area contributed by atoms with E-state index in [-0.39, 0.29) is 30.5 Å². The zero-order valence-electron chi connectivity index (χ0n) is 13.8. The van der Waals surface area contributed by atoms with Crippen LogP contribution in [0.1, 0.15) is 38.7 Å². The Morgan fingerprint density at radius 1 is 1.43 bits per heavy atom. The van der Waals surface area contributed by atoms with Crippen LogP contribution in [-0.2, 0) is 10.0 Å². The number of rotatable bonds is 7. The van der Waals surface area contributed by atoms with Crippen molar-refractivity contribution in [1.82, 2.24) is 4.72 Å². The fraction of sp³-hybridized carbons (Fsp3) is 0.625. The van der Waals surface area contributed by atoms with E-state index in [4.69, 9.17) is 14.6 Å². The maximum Gasteiger partial charge on any atom is 0.211 e. The Morgan fingerprint density at radius 2 is 2.17 bits per heavy atom. The Balaban J connectivity index is 2.25. The first-order valence-electron chi connectivity index (χ1n) is 7.80. The second-order valence-electron chi connectivity index (χ2n) is 6.29. The highest BCUT2D eigenvalue weighted by atomic mass is 32.2. The minimum absolute atomic E-state index is 0.00718. The minimum Gasteiger partial charge on any atom is -0.491 e. The molecule has 1 atom stereocenters. The van der Waals surface area contributed by atoms with E-state index in [1.54, 1.807) is 13.0 Å². The van der Waals surface area contributed by atoms with Gasteiger partial charge in [0, 0.05) is 18.0 Å². The molecule has 0 saturated carbocycles. The second-order valence-corrected chi connectivity index (χ2v) is 8.38. The van der Waals surface area contributed by atoms with Gasteiger partial charge < -0.3 is 14.6 Å². The molecule has 1 aliphatic heterocycles. The molecule has 0 aromatic heterocycles. The summed E-state index contributed by atoms with van der Waals surface area (Å²) >= 11 is 0. The Kier molecular flexibility index (Phi) is 5.54. The third kappa shape index (κ3) is 4.83. The van der Waals surface area contributed by atoms with Gasteiger partial charge in [0.05, 0.1) is 12.4 Å². The Labute approximate surface area is 137 Å². The molecule has 0 spiro atoms. The highest BCUT2D eigenvalue weighted by Crippen LogP contribution is 2.42.